The van der Waals surface area contributed by atoms with Gasteiger partial charge >= 0.3 is 0 Å². The van der Waals surface area contributed by atoms with Gasteiger partial charge < -0.3 is 9.52 Å². The van der Waals surface area contributed by atoms with Crippen LogP contribution >= 0.6 is 0 Å². The molecule has 3 heteroatoms. The summed E-state index contributed by atoms with van der Waals surface area (Å²) in [6.45, 7) is 8.26. The number of hydrogen-bond donors (Lipinski definition) is 1. The quantitative estimate of drug-likeness (QED) is 0.783. The van der Waals surface area contributed by atoms with Gasteiger partial charge in [0.25, 0.3) is 0 Å². The third-order valence-electron chi connectivity index (χ3n) is 2.49. The van der Waals surface area contributed by atoms with Gasteiger partial charge in [0.1, 0.15) is 11.5 Å². The van der Waals surface area contributed by atoms with Crippen LogP contribution in [0.5, 0.6) is 0 Å². The monoisotopic (exact) mass is 211 g/mol. The topological polar surface area (TPSA) is 36.6 Å². The molecule has 86 valence electrons. The second-order valence-corrected chi connectivity index (χ2v) is 4.15. The van der Waals surface area contributed by atoms with Gasteiger partial charge in [-0.2, -0.15) is 0 Å². The minimum atomic E-state index is 0.250. The lowest BCUT2D eigenvalue weighted by Gasteiger charge is -2.24. The molecular weight excluding hydrogens is 190 g/mol. The highest BCUT2D eigenvalue weighted by atomic mass is 16.3. The molecule has 1 N–H and O–H groups in total. The molecule has 0 amide bonds. The minimum absolute atomic E-state index is 0.250. The standard InChI is InChI=1S/C12H21NO2/c1-10(2)13(7-4-8-14)9-12-6-5-11(3)15-12/h5-6,10,14H,4,7-9H2,1-3H3. The molecule has 0 aliphatic rings. The first-order valence-corrected chi connectivity index (χ1v) is 5.53. The summed E-state index contributed by atoms with van der Waals surface area (Å²) in [4.78, 5) is 2.30. The predicted octanol–water partition coefficient (Wildman–Crippen LogP) is 2.18. The van der Waals surface area contributed by atoms with Gasteiger partial charge in [0, 0.05) is 19.2 Å². The molecular formula is C12H21NO2. The van der Waals surface area contributed by atoms with Crippen molar-refractivity contribution in [2.24, 2.45) is 0 Å². The fourth-order valence-electron chi connectivity index (χ4n) is 1.56. The number of furan rings is 1. The maximum absolute atomic E-state index is 8.82. The summed E-state index contributed by atoms with van der Waals surface area (Å²) >= 11 is 0. The van der Waals surface area contributed by atoms with E-state index in [0.29, 0.717) is 6.04 Å². The van der Waals surface area contributed by atoms with E-state index in [9.17, 15) is 0 Å². The Morgan fingerprint density at radius 1 is 1.40 bits per heavy atom. The van der Waals surface area contributed by atoms with Gasteiger partial charge in [-0.25, -0.2) is 0 Å². The zero-order valence-electron chi connectivity index (χ0n) is 9.86. The van der Waals surface area contributed by atoms with Crippen LogP contribution in [0.1, 0.15) is 31.8 Å². The molecule has 0 aliphatic heterocycles. The van der Waals surface area contributed by atoms with Crippen LogP contribution in [-0.2, 0) is 6.54 Å². The molecule has 3 nitrogen and oxygen atoms in total. The fourth-order valence-corrected chi connectivity index (χ4v) is 1.56. The molecule has 1 aromatic heterocycles. The summed E-state index contributed by atoms with van der Waals surface area (Å²) < 4.78 is 5.54. The van der Waals surface area contributed by atoms with Crippen molar-refractivity contribution < 1.29 is 9.52 Å². The number of aryl methyl sites for hydroxylation is 1. The number of rotatable bonds is 6. The lowest BCUT2D eigenvalue weighted by molar-refractivity contribution is 0.173. The van der Waals surface area contributed by atoms with Crippen molar-refractivity contribution in [3.8, 4) is 0 Å². The summed E-state index contributed by atoms with van der Waals surface area (Å²) in [6, 6.07) is 4.48. The van der Waals surface area contributed by atoms with E-state index < -0.39 is 0 Å². The molecule has 0 radical (unpaired) electrons. The van der Waals surface area contributed by atoms with Gasteiger partial charge in [0.2, 0.25) is 0 Å². The van der Waals surface area contributed by atoms with Crippen LogP contribution in [0.15, 0.2) is 16.5 Å². The molecule has 0 atom stereocenters. The normalized spacial score (nSPS) is 11.6. The van der Waals surface area contributed by atoms with E-state index >= 15 is 0 Å². The molecule has 0 bridgehead atoms. The molecule has 1 rings (SSSR count). The van der Waals surface area contributed by atoms with Crippen molar-refractivity contribution >= 4 is 0 Å². The second-order valence-electron chi connectivity index (χ2n) is 4.15. The summed E-state index contributed by atoms with van der Waals surface area (Å²) in [7, 11) is 0. The van der Waals surface area contributed by atoms with Gasteiger partial charge in [-0.3, -0.25) is 4.90 Å². The summed E-state index contributed by atoms with van der Waals surface area (Å²) in [5.41, 5.74) is 0. The van der Waals surface area contributed by atoms with E-state index in [1.165, 1.54) is 0 Å². The van der Waals surface area contributed by atoms with Gasteiger partial charge in [-0.05, 0) is 39.3 Å². The van der Waals surface area contributed by atoms with Crippen molar-refractivity contribution in [3.63, 3.8) is 0 Å². The van der Waals surface area contributed by atoms with Gasteiger partial charge in [0.15, 0.2) is 0 Å². The maximum Gasteiger partial charge on any atom is 0.118 e. The molecule has 1 heterocycles. The third kappa shape index (κ3) is 4.06. The Balaban J connectivity index is 2.50. The SMILES string of the molecule is Cc1ccc(CN(CCCO)C(C)C)o1. The molecule has 0 spiro atoms. The average Bonchev–Trinajstić information content (AvgIpc) is 2.58. The largest absolute Gasteiger partial charge is 0.465 e. The Morgan fingerprint density at radius 3 is 2.60 bits per heavy atom. The Kier molecular flexibility index (Phi) is 4.85. The van der Waals surface area contributed by atoms with Crippen molar-refractivity contribution in [1.82, 2.24) is 4.90 Å². The number of aliphatic hydroxyl groups excluding tert-OH is 1. The van der Waals surface area contributed by atoms with Crippen LogP contribution in [-0.4, -0.2) is 29.2 Å². The number of hydrogen-bond acceptors (Lipinski definition) is 3. The zero-order chi connectivity index (χ0) is 11.3. The van der Waals surface area contributed by atoms with Crippen LogP contribution in [0, 0.1) is 6.92 Å². The molecule has 0 fully saturated rings. The average molecular weight is 211 g/mol. The van der Waals surface area contributed by atoms with Gasteiger partial charge in [-0.1, -0.05) is 0 Å². The first-order chi connectivity index (χ1) is 7.13. The first-order valence-electron chi connectivity index (χ1n) is 5.53. The third-order valence-corrected chi connectivity index (χ3v) is 2.49. The molecule has 0 saturated heterocycles. The van der Waals surface area contributed by atoms with Crippen molar-refractivity contribution in [1.29, 1.82) is 0 Å². The van der Waals surface area contributed by atoms with Gasteiger partial charge in [0.05, 0.1) is 6.54 Å². The van der Waals surface area contributed by atoms with Crippen LogP contribution < -0.4 is 0 Å². The number of aliphatic hydroxyl groups is 1. The minimum Gasteiger partial charge on any atom is -0.465 e. The molecule has 15 heavy (non-hydrogen) atoms. The Bertz CT molecular complexity index is 281. The smallest absolute Gasteiger partial charge is 0.118 e. The van der Waals surface area contributed by atoms with Crippen LogP contribution in [0.3, 0.4) is 0 Å². The lowest BCUT2D eigenvalue weighted by atomic mass is 10.2. The number of nitrogens with zero attached hydrogens (tertiary/aromatic N) is 1. The van der Waals surface area contributed by atoms with E-state index in [0.717, 1.165) is 31.0 Å². The van der Waals surface area contributed by atoms with Crippen molar-refractivity contribution in [2.75, 3.05) is 13.2 Å². The molecule has 1 aromatic rings. The van der Waals surface area contributed by atoms with Crippen LogP contribution in [0.2, 0.25) is 0 Å². The summed E-state index contributed by atoms with van der Waals surface area (Å²) in [5.74, 6) is 1.95. The molecule has 0 aromatic carbocycles. The highest BCUT2D eigenvalue weighted by Crippen LogP contribution is 2.12. The van der Waals surface area contributed by atoms with E-state index in [2.05, 4.69) is 18.7 Å². The summed E-state index contributed by atoms with van der Waals surface area (Å²) in [5, 5.41) is 8.82. The van der Waals surface area contributed by atoms with E-state index in [1.807, 2.05) is 19.1 Å². The Labute approximate surface area is 91.7 Å². The maximum atomic E-state index is 8.82. The fraction of sp³-hybridized carbons (Fsp3) is 0.667. The van der Waals surface area contributed by atoms with Crippen LogP contribution in [0.25, 0.3) is 0 Å². The zero-order valence-corrected chi connectivity index (χ0v) is 9.86. The van der Waals surface area contributed by atoms with Crippen LogP contribution in [0.4, 0.5) is 0 Å². The first kappa shape index (κ1) is 12.3. The highest BCUT2D eigenvalue weighted by molar-refractivity contribution is 5.05. The van der Waals surface area contributed by atoms with Crippen molar-refractivity contribution in [2.45, 2.75) is 39.8 Å². The van der Waals surface area contributed by atoms with E-state index in [4.69, 9.17) is 9.52 Å². The lowest BCUT2D eigenvalue weighted by Crippen LogP contribution is -2.31. The van der Waals surface area contributed by atoms with Gasteiger partial charge in [-0.15, -0.1) is 0 Å². The second kappa shape index (κ2) is 5.93. The van der Waals surface area contributed by atoms with E-state index in [-0.39, 0.29) is 6.61 Å². The molecule has 0 unspecified atom stereocenters. The van der Waals surface area contributed by atoms with E-state index in [1.54, 1.807) is 0 Å². The predicted molar refractivity (Wildman–Crippen MR) is 60.7 cm³/mol. The summed E-state index contributed by atoms with van der Waals surface area (Å²) in [6.07, 6.45) is 0.817. The molecule has 0 aliphatic carbocycles. The Hall–Kier alpha value is -0.800. The van der Waals surface area contributed by atoms with Crippen molar-refractivity contribution in [3.05, 3.63) is 23.7 Å². The highest BCUT2D eigenvalue weighted by Gasteiger charge is 2.11. The Morgan fingerprint density at radius 2 is 2.13 bits per heavy atom. The molecule has 0 saturated carbocycles.